The minimum Gasteiger partial charge on any atom is -0.495 e. The van der Waals surface area contributed by atoms with Crippen molar-refractivity contribution < 1.29 is 22.7 Å². The van der Waals surface area contributed by atoms with E-state index in [-0.39, 0.29) is 28.4 Å². The fourth-order valence-corrected chi connectivity index (χ4v) is 3.42. The first-order chi connectivity index (χ1) is 11.2. The first kappa shape index (κ1) is 18.2. The summed E-state index contributed by atoms with van der Waals surface area (Å²) in [5.74, 6) is -0.543. The van der Waals surface area contributed by atoms with Crippen molar-refractivity contribution >= 4 is 27.5 Å². The maximum absolute atomic E-state index is 12.4. The Balaban J connectivity index is 2.16. The summed E-state index contributed by atoms with van der Waals surface area (Å²) in [6.07, 6.45) is 1.43. The summed E-state index contributed by atoms with van der Waals surface area (Å²) in [5, 5.41) is 7.84. The number of sulfonamides is 1. The number of likely N-dealkylation sites (tertiary alicyclic amines) is 1. The Labute approximate surface area is 141 Å². The minimum absolute atomic E-state index is 0.0616. The van der Waals surface area contributed by atoms with Crippen LogP contribution in [0.25, 0.3) is 0 Å². The molecule has 0 aliphatic carbocycles. The normalized spacial score (nSPS) is 18.1. The molecule has 1 saturated heterocycles. The number of carbonyl (C=O) groups excluding carboxylic acids is 2. The number of nitrogens with one attached hydrogen (secondary N) is 1. The standard InChI is InChI=1S/C15H21N3O5S/c1-10(19)18-7-3-4-11(9-18)15(20)17-12-5-6-13(23-2)14(8-12)24(16,21)22/h5-6,8,11H,3-4,7,9H2,1-2H3,(H,17,20)(H2,16,21,22)/t11-/m1/s1. The zero-order valence-electron chi connectivity index (χ0n) is 13.6. The maximum atomic E-state index is 12.4. The topological polar surface area (TPSA) is 119 Å². The van der Waals surface area contributed by atoms with E-state index in [0.29, 0.717) is 25.2 Å². The van der Waals surface area contributed by atoms with E-state index in [1.807, 2.05) is 0 Å². The second-order valence-electron chi connectivity index (χ2n) is 5.70. The summed E-state index contributed by atoms with van der Waals surface area (Å²) in [6.45, 7) is 2.48. The van der Waals surface area contributed by atoms with Crippen LogP contribution in [0.2, 0.25) is 0 Å². The molecule has 0 spiro atoms. The van der Waals surface area contributed by atoms with Crippen molar-refractivity contribution in [2.24, 2.45) is 11.1 Å². The number of carbonyl (C=O) groups is 2. The summed E-state index contributed by atoms with van der Waals surface area (Å²) in [7, 11) is -2.64. The smallest absolute Gasteiger partial charge is 0.241 e. The van der Waals surface area contributed by atoms with Gasteiger partial charge in [0, 0.05) is 25.7 Å². The fourth-order valence-electron chi connectivity index (χ4n) is 2.70. The molecule has 1 heterocycles. The van der Waals surface area contributed by atoms with Gasteiger partial charge in [0.05, 0.1) is 13.0 Å². The molecular formula is C15H21N3O5S. The third-order valence-corrected chi connectivity index (χ3v) is 4.91. The molecule has 2 rings (SSSR count). The van der Waals surface area contributed by atoms with Crippen molar-refractivity contribution in [3.8, 4) is 5.75 Å². The first-order valence-corrected chi connectivity index (χ1v) is 9.04. The quantitative estimate of drug-likeness (QED) is 0.817. The van der Waals surface area contributed by atoms with Gasteiger partial charge < -0.3 is 15.0 Å². The number of anilines is 1. The SMILES string of the molecule is COc1ccc(NC(=O)[C@@H]2CCCN(C(C)=O)C2)cc1S(N)(=O)=O. The molecule has 3 N–H and O–H groups in total. The van der Waals surface area contributed by atoms with Gasteiger partial charge in [-0.05, 0) is 31.0 Å². The van der Waals surface area contributed by atoms with Crippen molar-refractivity contribution in [3.63, 3.8) is 0 Å². The van der Waals surface area contributed by atoms with Crippen LogP contribution in [0.15, 0.2) is 23.1 Å². The lowest BCUT2D eigenvalue weighted by atomic mass is 9.97. The molecule has 0 aromatic heterocycles. The summed E-state index contributed by atoms with van der Waals surface area (Å²) in [5.41, 5.74) is 0.310. The highest BCUT2D eigenvalue weighted by Gasteiger charge is 2.27. The van der Waals surface area contributed by atoms with Gasteiger partial charge in [0.2, 0.25) is 21.8 Å². The van der Waals surface area contributed by atoms with Crippen LogP contribution in [0.4, 0.5) is 5.69 Å². The summed E-state index contributed by atoms with van der Waals surface area (Å²) < 4.78 is 28.2. The zero-order chi connectivity index (χ0) is 17.9. The highest BCUT2D eigenvalue weighted by atomic mass is 32.2. The summed E-state index contributed by atoms with van der Waals surface area (Å²) in [4.78, 5) is 25.3. The van der Waals surface area contributed by atoms with Gasteiger partial charge >= 0.3 is 0 Å². The minimum atomic E-state index is -3.98. The summed E-state index contributed by atoms with van der Waals surface area (Å²) >= 11 is 0. The highest BCUT2D eigenvalue weighted by Crippen LogP contribution is 2.27. The molecule has 1 aliphatic rings. The molecule has 1 fully saturated rings. The first-order valence-electron chi connectivity index (χ1n) is 7.49. The van der Waals surface area contributed by atoms with Crippen LogP contribution in [0, 0.1) is 5.92 Å². The molecule has 1 aromatic carbocycles. The van der Waals surface area contributed by atoms with Gasteiger partial charge in [-0.3, -0.25) is 9.59 Å². The van der Waals surface area contributed by atoms with E-state index < -0.39 is 10.0 Å². The number of primary sulfonamides is 1. The molecule has 24 heavy (non-hydrogen) atoms. The number of methoxy groups -OCH3 is 1. The van der Waals surface area contributed by atoms with Gasteiger partial charge in [-0.15, -0.1) is 0 Å². The van der Waals surface area contributed by atoms with Gasteiger partial charge in [-0.25, -0.2) is 13.6 Å². The van der Waals surface area contributed by atoms with Crippen LogP contribution in [-0.4, -0.2) is 45.3 Å². The Hall–Kier alpha value is -2.13. The number of rotatable bonds is 4. The van der Waals surface area contributed by atoms with Crippen LogP contribution in [0.3, 0.4) is 0 Å². The van der Waals surface area contributed by atoms with Crippen molar-refractivity contribution in [1.82, 2.24) is 4.90 Å². The number of benzene rings is 1. The Kier molecular flexibility index (Phi) is 5.45. The molecule has 0 radical (unpaired) electrons. The van der Waals surface area contributed by atoms with Crippen molar-refractivity contribution in [1.29, 1.82) is 0 Å². The molecule has 1 aromatic rings. The average Bonchev–Trinajstić information content (AvgIpc) is 2.54. The fraction of sp³-hybridized carbons (Fsp3) is 0.467. The molecule has 1 atom stereocenters. The Bertz CT molecular complexity index is 747. The van der Waals surface area contributed by atoms with E-state index in [9.17, 15) is 18.0 Å². The number of hydrogen-bond donors (Lipinski definition) is 2. The average molecular weight is 355 g/mol. The van der Waals surface area contributed by atoms with Crippen molar-refractivity contribution in [3.05, 3.63) is 18.2 Å². The van der Waals surface area contributed by atoms with E-state index in [2.05, 4.69) is 5.32 Å². The highest BCUT2D eigenvalue weighted by molar-refractivity contribution is 7.89. The lowest BCUT2D eigenvalue weighted by molar-refractivity contribution is -0.132. The van der Waals surface area contributed by atoms with Crippen LogP contribution in [-0.2, 0) is 19.6 Å². The molecule has 8 nitrogen and oxygen atoms in total. The number of hydrogen-bond acceptors (Lipinski definition) is 5. The molecule has 0 unspecified atom stereocenters. The molecule has 9 heteroatoms. The van der Waals surface area contributed by atoms with E-state index in [0.717, 1.165) is 6.42 Å². The predicted molar refractivity (Wildman–Crippen MR) is 88.0 cm³/mol. The monoisotopic (exact) mass is 355 g/mol. The predicted octanol–water partition coefficient (Wildman–Crippen LogP) is 0.540. The number of nitrogens with two attached hydrogens (primary N) is 1. The largest absolute Gasteiger partial charge is 0.495 e. The van der Waals surface area contributed by atoms with Gasteiger partial charge in [0.1, 0.15) is 10.6 Å². The van der Waals surface area contributed by atoms with E-state index in [1.54, 1.807) is 4.90 Å². The van der Waals surface area contributed by atoms with Gasteiger partial charge in [-0.1, -0.05) is 0 Å². The third-order valence-electron chi connectivity index (χ3n) is 3.98. The van der Waals surface area contributed by atoms with E-state index >= 15 is 0 Å². The molecular weight excluding hydrogens is 334 g/mol. The van der Waals surface area contributed by atoms with Crippen molar-refractivity contribution in [2.45, 2.75) is 24.7 Å². The van der Waals surface area contributed by atoms with Crippen LogP contribution in [0.1, 0.15) is 19.8 Å². The maximum Gasteiger partial charge on any atom is 0.241 e. The van der Waals surface area contributed by atoms with Gasteiger partial charge in [-0.2, -0.15) is 0 Å². The molecule has 0 saturated carbocycles. The molecule has 132 valence electrons. The second kappa shape index (κ2) is 7.18. The lowest BCUT2D eigenvalue weighted by Gasteiger charge is -2.31. The zero-order valence-corrected chi connectivity index (χ0v) is 14.4. The molecule has 1 aliphatic heterocycles. The number of amides is 2. The van der Waals surface area contributed by atoms with E-state index in [1.165, 1.54) is 32.2 Å². The Morgan fingerprint density at radius 1 is 1.38 bits per heavy atom. The lowest BCUT2D eigenvalue weighted by Crippen LogP contribution is -2.42. The third kappa shape index (κ3) is 4.24. The molecule has 2 amide bonds. The second-order valence-corrected chi connectivity index (χ2v) is 7.23. The number of piperidine rings is 1. The number of nitrogens with zero attached hydrogens (tertiary/aromatic N) is 1. The number of ether oxygens (including phenoxy) is 1. The van der Waals surface area contributed by atoms with Gasteiger partial charge in [0.25, 0.3) is 0 Å². The summed E-state index contributed by atoms with van der Waals surface area (Å²) in [6, 6.07) is 4.23. The van der Waals surface area contributed by atoms with Crippen molar-refractivity contribution in [2.75, 3.05) is 25.5 Å². The van der Waals surface area contributed by atoms with Crippen LogP contribution in [0.5, 0.6) is 5.75 Å². The van der Waals surface area contributed by atoms with Gasteiger partial charge in [0.15, 0.2) is 0 Å². The van der Waals surface area contributed by atoms with E-state index in [4.69, 9.17) is 9.88 Å². The molecule has 0 bridgehead atoms. The van der Waals surface area contributed by atoms with Crippen LogP contribution < -0.4 is 15.2 Å². The Morgan fingerprint density at radius 3 is 2.67 bits per heavy atom. The Morgan fingerprint density at radius 2 is 2.08 bits per heavy atom. The van der Waals surface area contributed by atoms with Crippen LogP contribution >= 0.6 is 0 Å².